The van der Waals surface area contributed by atoms with Crippen LogP contribution in [0.4, 0.5) is 13.2 Å². The zero-order valence-electron chi connectivity index (χ0n) is 18.2. The number of nitrogens with zero attached hydrogens (tertiary/aromatic N) is 2. The van der Waals surface area contributed by atoms with E-state index in [4.69, 9.17) is 5.10 Å². The summed E-state index contributed by atoms with van der Waals surface area (Å²) in [5.74, 6) is 0.144. The maximum atomic E-state index is 13.1. The molecule has 34 heavy (non-hydrogen) atoms. The lowest BCUT2D eigenvalue weighted by Gasteiger charge is -2.47. The Kier molecular flexibility index (Phi) is 5.90. The van der Waals surface area contributed by atoms with Crippen molar-refractivity contribution in [2.75, 3.05) is 0 Å². The number of phenolic OH excluding ortho intramolecular Hbond substituents is 1. The van der Waals surface area contributed by atoms with Gasteiger partial charge in [-0.25, -0.2) is 0 Å². The normalized spacial score (nSPS) is 26.8. The highest BCUT2D eigenvalue weighted by Crippen LogP contribution is 2.46. The van der Waals surface area contributed by atoms with Crippen LogP contribution >= 0.6 is 15.9 Å². The number of halogens is 4. The molecule has 2 N–H and O–H groups in total. The summed E-state index contributed by atoms with van der Waals surface area (Å²) in [6, 6.07) is 22.0. The van der Waals surface area contributed by atoms with Crippen LogP contribution in [0, 0.1) is 5.92 Å². The van der Waals surface area contributed by atoms with Crippen LogP contribution in [-0.2, 0) is 6.18 Å². The summed E-state index contributed by atoms with van der Waals surface area (Å²) in [4.78, 5) is -0.126. The SMILES string of the molecule is CC1C(c2ccc(C(F)(F)F)cc2)NC2C(Br)C(c3ccccc3)=NN2C1c1ccc(O)cc1. The van der Waals surface area contributed by atoms with Gasteiger partial charge in [-0.3, -0.25) is 10.3 Å². The molecule has 3 aromatic carbocycles. The monoisotopic (exact) mass is 529 g/mol. The van der Waals surface area contributed by atoms with Crippen LogP contribution in [0.15, 0.2) is 84.0 Å². The van der Waals surface area contributed by atoms with Crippen molar-refractivity contribution in [1.29, 1.82) is 0 Å². The fraction of sp³-hybridized carbons (Fsp3) is 0.269. The highest BCUT2D eigenvalue weighted by atomic mass is 79.9. The lowest BCUT2D eigenvalue weighted by molar-refractivity contribution is -0.137. The number of rotatable bonds is 3. The van der Waals surface area contributed by atoms with E-state index in [2.05, 4.69) is 28.2 Å². The predicted molar refractivity (Wildman–Crippen MR) is 129 cm³/mol. The van der Waals surface area contributed by atoms with Crippen molar-refractivity contribution in [3.63, 3.8) is 0 Å². The molecule has 0 aliphatic carbocycles. The molecule has 5 atom stereocenters. The number of alkyl halides is 4. The summed E-state index contributed by atoms with van der Waals surface area (Å²) >= 11 is 3.83. The molecule has 8 heteroatoms. The number of hydrogen-bond donors (Lipinski definition) is 2. The second-order valence-corrected chi connectivity index (χ2v) is 9.72. The lowest BCUT2D eigenvalue weighted by atomic mass is 9.81. The number of nitrogens with one attached hydrogen (secondary N) is 1. The Morgan fingerprint density at radius 3 is 2.15 bits per heavy atom. The maximum absolute atomic E-state index is 13.1. The van der Waals surface area contributed by atoms with Crippen LogP contribution in [0.25, 0.3) is 0 Å². The van der Waals surface area contributed by atoms with Crippen molar-refractivity contribution in [2.24, 2.45) is 11.0 Å². The van der Waals surface area contributed by atoms with Gasteiger partial charge in [0, 0.05) is 12.0 Å². The fourth-order valence-electron chi connectivity index (χ4n) is 4.91. The van der Waals surface area contributed by atoms with Crippen molar-refractivity contribution in [2.45, 2.75) is 36.2 Å². The van der Waals surface area contributed by atoms with Gasteiger partial charge in [0.15, 0.2) is 0 Å². The molecule has 5 rings (SSSR count). The topological polar surface area (TPSA) is 47.9 Å². The molecular weight excluding hydrogens is 507 g/mol. The van der Waals surface area contributed by atoms with E-state index in [9.17, 15) is 18.3 Å². The van der Waals surface area contributed by atoms with E-state index >= 15 is 0 Å². The number of fused-ring (bicyclic) bond motifs is 1. The van der Waals surface area contributed by atoms with Gasteiger partial charge in [0.25, 0.3) is 0 Å². The van der Waals surface area contributed by atoms with E-state index in [-0.39, 0.29) is 34.7 Å². The Hall–Kier alpha value is -2.84. The Morgan fingerprint density at radius 1 is 0.912 bits per heavy atom. The molecule has 0 aromatic heterocycles. The minimum Gasteiger partial charge on any atom is -0.508 e. The number of hydrogen-bond acceptors (Lipinski definition) is 4. The molecule has 5 unspecified atom stereocenters. The van der Waals surface area contributed by atoms with Gasteiger partial charge in [0.2, 0.25) is 0 Å². The first-order valence-electron chi connectivity index (χ1n) is 11.0. The molecule has 3 aromatic rings. The van der Waals surface area contributed by atoms with Gasteiger partial charge in [-0.1, -0.05) is 77.5 Å². The number of aromatic hydroxyl groups is 1. The van der Waals surface area contributed by atoms with E-state index < -0.39 is 11.7 Å². The average Bonchev–Trinajstić information content (AvgIpc) is 3.15. The van der Waals surface area contributed by atoms with E-state index in [0.29, 0.717) is 0 Å². The Bertz CT molecular complexity index is 1180. The minimum atomic E-state index is -4.37. The van der Waals surface area contributed by atoms with Crippen molar-refractivity contribution >= 4 is 21.6 Å². The lowest BCUT2D eigenvalue weighted by Crippen LogP contribution is -2.56. The van der Waals surface area contributed by atoms with Crippen molar-refractivity contribution in [3.05, 3.63) is 101 Å². The highest BCUT2D eigenvalue weighted by molar-refractivity contribution is 9.10. The van der Waals surface area contributed by atoms with Crippen LogP contribution in [-0.4, -0.2) is 26.8 Å². The molecule has 4 nitrogen and oxygen atoms in total. The molecule has 0 radical (unpaired) electrons. The fourth-order valence-corrected chi connectivity index (χ4v) is 5.66. The van der Waals surface area contributed by atoms with E-state index in [1.807, 2.05) is 47.5 Å². The molecule has 0 saturated carbocycles. The smallest absolute Gasteiger partial charge is 0.416 e. The first kappa shape index (κ1) is 22.9. The quantitative estimate of drug-likeness (QED) is 0.394. The summed E-state index contributed by atoms with van der Waals surface area (Å²) in [5.41, 5.74) is 3.00. The molecule has 176 valence electrons. The van der Waals surface area contributed by atoms with E-state index in [0.717, 1.165) is 34.5 Å². The Labute approximate surface area is 204 Å². The number of phenols is 1. The zero-order valence-corrected chi connectivity index (χ0v) is 19.8. The molecule has 1 fully saturated rings. The van der Waals surface area contributed by atoms with Crippen molar-refractivity contribution in [1.82, 2.24) is 10.3 Å². The first-order chi connectivity index (χ1) is 16.2. The van der Waals surface area contributed by atoms with Gasteiger partial charge < -0.3 is 5.11 Å². The number of hydrazone groups is 1. The third kappa shape index (κ3) is 4.09. The Morgan fingerprint density at radius 2 is 1.53 bits per heavy atom. The van der Waals surface area contributed by atoms with Gasteiger partial charge in [0.05, 0.1) is 22.1 Å². The van der Waals surface area contributed by atoms with Gasteiger partial charge in [0.1, 0.15) is 11.9 Å². The largest absolute Gasteiger partial charge is 0.508 e. The predicted octanol–water partition coefficient (Wildman–Crippen LogP) is 6.24. The van der Waals surface area contributed by atoms with Gasteiger partial charge in [-0.15, -0.1) is 0 Å². The van der Waals surface area contributed by atoms with Crippen LogP contribution in [0.5, 0.6) is 5.75 Å². The molecule has 2 aliphatic heterocycles. The summed E-state index contributed by atoms with van der Waals surface area (Å²) in [6.45, 7) is 2.07. The second kappa shape index (κ2) is 8.74. The van der Waals surface area contributed by atoms with Crippen LogP contribution in [0.3, 0.4) is 0 Å². The molecular formula is C26H23BrF3N3O. The summed E-state index contributed by atoms with van der Waals surface area (Å²) < 4.78 is 39.4. The summed E-state index contributed by atoms with van der Waals surface area (Å²) in [5, 5.41) is 20.5. The highest BCUT2D eigenvalue weighted by Gasteiger charge is 2.48. The van der Waals surface area contributed by atoms with E-state index in [1.165, 1.54) is 0 Å². The van der Waals surface area contributed by atoms with Gasteiger partial charge in [-0.05, 0) is 41.0 Å². The average molecular weight is 530 g/mol. The standard InChI is InChI=1S/C26H23BrF3N3O/c1-15-22(17-7-11-19(12-8-17)26(28,29)30)31-25-21(27)23(16-5-3-2-4-6-16)32-33(25)24(15)18-9-13-20(34)14-10-18/h2-15,21-22,24-25,31,34H,1H3. The van der Waals surface area contributed by atoms with Crippen molar-refractivity contribution < 1.29 is 18.3 Å². The summed E-state index contributed by atoms with van der Waals surface area (Å²) in [6.07, 6.45) is -4.59. The third-order valence-corrected chi connectivity index (χ3v) is 7.54. The third-order valence-electron chi connectivity index (χ3n) is 6.61. The molecule has 0 bridgehead atoms. The van der Waals surface area contributed by atoms with Crippen LogP contribution < -0.4 is 5.32 Å². The summed E-state index contributed by atoms with van der Waals surface area (Å²) in [7, 11) is 0. The van der Waals surface area contributed by atoms with Crippen LogP contribution in [0.1, 0.15) is 41.3 Å². The van der Waals surface area contributed by atoms with Gasteiger partial charge >= 0.3 is 6.18 Å². The maximum Gasteiger partial charge on any atom is 0.416 e. The second-order valence-electron chi connectivity index (χ2n) is 8.74. The zero-order chi connectivity index (χ0) is 24.0. The molecule has 0 amide bonds. The van der Waals surface area contributed by atoms with Gasteiger partial charge in [-0.2, -0.15) is 18.3 Å². The molecule has 2 heterocycles. The van der Waals surface area contributed by atoms with Crippen LogP contribution in [0.2, 0.25) is 0 Å². The van der Waals surface area contributed by atoms with E-state index in [1.54, 1.807) is 24.3 Å². The molecule has 0 spiro atoms. The Balaban J connectivity index is 1.55. The minimum absolute atomic E-state index is 0.0314. The van der Waals surface area contributed by atoms with Crippen molar-refractivity contribution in [3.8, 4) is 5.75 Å². The number of benzene rings is 3. The molecule has 1 saturated heterocycles. The molecule has 2 aliphatic rings. The first-order valence-corrected chi connectivity index (χ1v) is 11.9.